The summed E-state index contributed by atoms with van der Waals surface area (Å²) in [4.78, 5) is 25.1. The second kappa shape index (κ2) is 10.8. The topological polar surface area (TPSA) is 99.0 Å². The molecule has 1 amide bonds. The standard InChI is InChI=1S/C20H21Cl2N3O6/c1-11(26)18(23-24-19-16(30-4)8-12(21)9-17(19)31-5)20(27)25(22)14-7-6-13(28-2)10-15(14)29-3/h6-10,18H,1-5H3. The fourth-order valence-corrected chi connectivity index (χ4v) is 2.98. The summed E-state index contributed by atoms with van der Waals surface area (Å²) in [6.45, 7) is 1.20. The third-order valence-corrected chi connectivity index (χ3v) is 4.70. The number of carbonyl (C=O) groups is 2. The number of halogens is 2. The van der Waals surface area contributed by atoms with Crippen LogP contribution < -0.4 is 23.4 Å². The molecular formula is C20H21Cl2N3O6. The first-order chi connectivity index (χ1) is 14.8. The van der Waals surface area contributed by atoms with Crippen molar-refractivity contribution < 1.29 is 28.5 Å². The molecule has 0 aliphatic rings. The molecule has 2 rings (SSSR count). The van der Waals surface area contributed by atoms with Crippen molar-refractivity contribution in [3.8, 4) is 23.0 Å². The second-order valence-corrected chi connectivity index (χ2v) is 6.82. The highest BCUT2D eigenvalue weighted by Gasteiger charge is 2.30. The number of amides is 1. The van der Waals surface area contributed by atoms with Crippen LogP contribution in [-0.4, -0.2) is 46.2 Å². The van der Waals surface area contributed by atoms with E-state index >= 15 is 0 Å². The van der Waals surface area contributed by atoms with E-state index in [9.17, 15) is 9.59 Å². The van der Waals surface area contributed by atoms with Gasteiger partial charge in [-0.25, -0.2) is 4.42 Å². The molecule has 1 unspecified atom stereocenters. The first kappa shape index (κ1) is 24.2. The monoisotopic (exact) mass is 469 g/mol. The average Bonchev–Trinajstić information content (AvgIpc) is 2.77. The third kappa shape index (κ3) is 5.56. The van der Waals surface area contributed by atoms with E-state index in [1.807, 2.05) is 0 Å². The van der Waals surface area contributed by atoms with Crippen molar-refractivity contribution in [1.29, 1.82) is 0 Å². The minimum atomic E-state index is -1.52. The quantitative estimate of drug-likeness (QED) is 0.302. The number of hydrogen-bond acceptors (Lipinski definition) is 8. The van der Waals surface area contributed by atoms with Crippen molar-refractivity contribution in [2.24, 2.45) is 10.2 Å². The Morgan fingerprint density at radius 3 is 2.00 bits per heavy atom. The van der Waals surface area contributed by atoms with Crippen LogP contribution in [0, 0.1) is 0 Å². The van der Waals surface area contributed by atoms with Gasteiger partial charge >= 0.3 is 0 Å². The van der Waals surface area contributed by atoms with Gasteiger partial charge in [-0.1, -0.05) is 11.6 Å². The molecule has 2 aromatic carbocycles. The summed E-state index contributed by atoms with van der Waals surface area (Å²) < 4.78 is 21.6. The summed E-state index contributed by atoms with van der Waals surface area (Å²) >= 11 is 12.3. The molecule has 31 heavy (non-hydrogen) atoms. The zero-order valence-corrected chi connectivity index (χ0v) is 19.0. The van der Waals surface area contributed by atoms with Crippen LogP contribution in [0.15, 0.2) is 40.6 Å². The SMILES string of the molecule is COc1ccc(N(Cl)C(=O)C(N=Nc2c(OC)cc(Cl)cc2OC)C(C)=O)c(OC)c1. The number of nitrogens with zero attached hydrogens (tertiary/aromatic N) is 3. The predicted octanol–water partition coefficient (Wildman–Crippen LogP) is 4.60. The van der Waals surface area contributed by atoms with Gasteiger partial charge in [-0.3, -0.25) is 9.59 Å². The van der Waals surface area contributed by atoms with Gasteiger partial charge in [0.2, 0.25) is 6.04 Å². The highest BCUT2D eigenvalue weighted by atomic mass is 35.5. The summed E-state index contributed by atoms with van der Waals surface area (Å²) in [7, 11) is 5.72. The van der Waals surface area contributed by atoms with E-state index in [1.165, 1.54) is 53.6 Å². The molecule has 0 spiro atoms. The van der Waals surface area contributed by atoms with E-state index in [0.717, 1.165) is 4.42 Å². The highest BCUT2D eigenvalue weighted by molar-refractivity contribution is 6.39. The molecule has 1 atom stereocenters. The van der Waals surface area contributed by atoms with Gasteiger partial charge in [-0.15, -0.1) is 5.11 Å². The minimum absolute atomic E-state index is 0.164. The van der Waals surface area contributed by atoms with Crippen LogP contribution in [0.3, 0.4) is 0 Å². The summed E-state index contributed by atoms with van der Waals surface area (Å²) in [5.41, 5.74) is 0.370. The smallest absolute Gasteiger partial charge is 0.276 e. The van der Waals surface area contributed by atoms with Gasteiger partial charge in [0.25, 0.3) is 5.91 Å². The molecule has 9 nitrogen and oxygen atoms in total. The largest absolute Gasteiger partial charge is 0.497 e. The van der Waals surface area contributed by atoms with Gasteiger partial charge in [-0.2, -0.15) is 5.11 Å². The number of carbonyl (C=O) groups excluding carboxylic acids is 2. The van der Waals surface area contributed by atoms with Gasteiger partial charge in [0.15, 0.2) is 23.0 Å². The molecular weight excluding hydrogens is 449 g/mol. The molecule has 0 radical (unpaired) electrons. The molecule has 0 N–H and O–H groups in total. The molecule has 0 aliphatic carbocycles. The first-order valence-corrected chi connectivity index (χ1v) is 9.53. The number of Topliss-reactive ketones (excluding diaryl/α,β-unsaturated/α-hetero) is 1. The Morgan fingerprint density at radius 1 is 0.935 bits per heavy atom. The van der Waals surface area contributed by atoms with Gasteiger partial charge in [0.1, 0.15) is 17.2 Å². The maximum Gasteiger partial charge on any atom is 0.276 e. The maximum atomic E-state index is 12.9. The lowest BCUT2D eigenvalue weighted by Gasteiger charge is -2.19. The van der Waals surface area contributed by atoms with Crippen molar-refractivity contribution >= 4 is 46.4 Å². The highest BCUT2D eigenvalue weighted by Crippen LogP contribution is 2.40. The maximum absolute atomic E-state index is 12.9. The zero-order valence-electron chi connectivity index (χ0n) is 17.5. The zero-order chi connectivity index (χ0) is 23.1. The summed E-state index contributed by atoms with van der Waals surface area (Å²) in [5.74, 6) is -0.123. The lowest BCUT2D eigenvalue weighted by atomic mass is 10.2. The lowest BCUT2D eigenvalue weighted by Crippen LogP contribution is -2.36. The van der Waals surface area contributed by atoms with Crippen molar-refractivity contribution in [1.82, 2.24) is 0 Å². The number of anilines is 1. The Hall–Kier alpha value is -3.04. The van der Waals surface area contributed by atoms with Crippen molar-refractivity contribution in [2.75, 3.05) is 32.9 Å². The molecule has 11 heteroatoms. The molecule has 0 heterocycles. The van der Waals surface area contributed by atoms with Crippen LogP contribution in [0.5, 0.6) is 23.0 Å². The van der Waals surface area contributed by atoms with Crippen LogP contribution in [0.2, 0.25) is 5.02 Å². The van der Waals surface area contributed by atoms with E-state index in [1.54, 1.807) is 12.1 Å². The average molecular weight is 470 g/mol. The number of ether oxygens (including phenoxy) is 4. The van der Waals surface area contributed by atoms with Gasteiger partial charge in [0.05, 0.1) is 28.4 Å². The van der Waals surface area contributed by atoms with Gasteiger partial charge in [0, 0.05) is 35.0 Å². The fourth-order valence-electron chi connectivity index (χ4n) is 2.55. The van der Waals surface area contributed by atoms with E-state index < -0.39 is 17.7 Å². The van der Waals surface area contributed by atoms with Crippen LogP contribution in [0.4, 0.5) is 11.4 Å². The van der Waals surface area contributed by atoms with Gasteiger partial charge < -0.3 is 18.9 Å². The van der Waals surface area contributed by atoms with E-state index in [0.29, 0.717) is 10.8 Å². The summed E-state index contributed by atoms with van der Waals surface area (Å²) in [5, 5.41) is 8.28. The van der Waals surface area contributed by atoms with Gasteiger partial charge in [-0.05, 0) is 19.1 Å². The molecule has 166 valence electrons. The number of ketones is 1. The number of rotatable bonds is 9. The van der Waals surface area contributed by atoms with Crippen molar-refractivity contribution in [3.05, 3.63) is 35.4 Å². The van der Waals surface area contributed by atoms with Crippen LogP contribution in [0.25, 0.3) is 0 Å². The number of benzene rings is 2. The third-order valence-electron chi connectivity index (χ3n) is 4.13. The molecule has 0 fully saturated rings. The molecule has 2 aromatic rings. The lowest BCUT2D eigenvalue weighted by molar-refractivity contribution is -0.126. The van der Waals surface area contributed by atoms with Crippen LogP contribution in [0.1, 0.15) is 6.92 Å². The Balaban J connectivity index is 2.41. The number of hydrogen-bond donors (Lipinski definition) is 0. The number of azo groups is 1. The fraction of sp³-hybridized carbons (Fsp3) is 0.300. The minimum Gasteiger partial charge on any atom is -0.497 e. The molecule has 0 bridgehead atoms. The van der Waals surface area contributed by atoms with E-state index in [4.69, 9.17) is 42.3 Å². The summed E-state index contributed by atoms with van der Waals surface area (Å²) in [6, 6.07) is 6.13. The molecule has 0 saturated carbocycles. The van der Waals surface area contributed by atoms with Crippen molar-refractivity contribution in [2.45, 2.75) is 13.0 Å². The Labute approximate surface area is 189 Å². The molecule has 0 aliphatic heterocycles. The van der Waals surface area contributed by atoms with E-state index in [2.05, 4.69) is 10.2 Å². The van der Waals surface area contributed by atoms with Crippen molar-refractivity contribution in [3.63, 3.8) is 0 Å². The molecule has 0 aromatic heterocycles. The Kier molecular flexibility index (Phi) is 8.47. The van der Waals surface area contributed by atoms with E-state index in [-0.39, 0.29) is 28.6 Å². The first-order valence-electron chi connectivity index (χ1n) is 8.81. The number of methoxy groups -OCH3 is 4. The molecule has 0 saturated heterocycles. The normalized spacial score (nSPS) is 11.7. The predicted molar refractivity (Wildman–Crippen MR) is 116 cm³/mol. The second-order valence-electron chi connectivity index (χ2n) is 6.04. The Bertz CT molecular complexity index is 974. The van der Waals surface area contributed by atoms with Crippen LogP contribution in [-0.2, 0) is 9.59 Å². The summed E-state index contributed by atoms with van der Waals surface area (Å²) in [6.07, 6.45) is 0. The van der Waals surface area contributed by atoms with Crippen LogP contribution >= 0.6 is 23.4 Å². The Morgan fingerprint density at radius 2 is 1.52 bits per heavy atom.